The van der Waals surface area contributed by atoms with Crippen LogP contribution in [0.3, 0.4) is 0 Å². The van der Waals surface area contributed by atoms with Crippen molar-refractivity contribution in [2.24, 2.45) is 0 Å². The van der Waals surface area contributed by atoms with Crippen LogP contribution >= 0.6 is 0 Å². The number of amides is 3. The SMILES string of the molecule is CCOc1ccc(OCC(=O)NCC#Cc2ccc(N3CCNC3=O)cc2)cc1. The predicted molar refractivity (Wildman–Crippen MR) is 110 cm³/mol. The van der Waals surface area contributed by atoms with Crippen LogP contribution in [0.4, 0.5) is 10.5 Å². The summed E-state index contributed by atoms with van der Waals surface area (Å²) in [5.74, 6) is 7.00. The predicted octanol–water partition coefficient (Wildman–Crippen LogP) is 2.16. The van der Waals surface area contributed by atoms with Gasteiger partial charge in [-0.25, -0.2) is 4.79 Å². The smallest absolute Gasteiger partial charge is 0.321 e. The third-order valence-electron chi connectivity index (χ3n) is 4.15. The summed E-state index contributed by atoms with van der Waals surface area (Å²) in [5.41, 5.74) is 1.65. The molecule has 2 aromatic rings. The lowest BCUT2D eigenvalue weighted by Gasteiger charge is -2.13. The molecule has 7 nitrogen and oxygen atoms in total. The molecule has 1 heterocycles. The average Bonchev–Trinajstić information content (AvgIpc) is 3.17. The minimum Gasteiger partial charge on any atom is -0.494 e. The van der Waals surface area contributed by atoms with Crippen LogP contribution in [-0.4, -0.2) is 44.8 Å². The van der Waals surface area contributed by atoms with Crippen molar-refractivity contribution in [1.29, 1.82) is 0 Å². The fourth-order valence-electron chi connectivity index (χ4n) is 2.73. The Balaban J connectivity index is 1.40. The summed E-state index contributed by atoms with van der Waals surface area (Å²) in [7, 11) is 0. The van der Waals surface area contributed by atoms with E-state index >= 15 is 0 Å². The van der Waals surface area contributed by atoms with E-state index in [1.807, 2.05) is 31.2 Å². The molecular formula is C22H23N3O4. The van der Waals surface area contributed by atoms with Gasteiger partial charge in [-0.1, -0.05) is 11.8 Å². The monoisotopic (exact) mass is 393 g/mol. The maximum Gasteiger partial charge on any atom is 0.321 e. The van der Waals surface area contributed by atoms with E-state index in [-0.39, 0.29) is 25.1 Å². The Morgan fingerprint density at radius 3 is 2.41 bits per heavy atom. The van der Waals surface area contributed by atoms with Crippen molar-refractivity contribution < 1.29 is 19.1 Å². The molecular weight excluding hydrogens is 370 g/mol. The molecule has 0 radical (unpaired) electrons. The standard InChI is InChI=1S/C22H23N3O4/c1-2-28-19-9-11-20(12-10-19)29-16-21(26)23-13-3-4-17-5-7-18(8-6-17)25-15-14-24-22(25)27/h5-12H,2,13-16H2,1H3,(H,23,26)(H,24,27). The number of urea groups is 1. The first-order valence-corrected chi connectivity index (χ1v) is 9.42. The van der Waals surface area contributed by atoms with Gasteiger partial charge in [0.25, 0.3) is 5.91 Å². The fraction of sp³-hybridized carbons (Fsp3) is 0.273. The van der Waals surface area contributed by atoms with E-state index in [4.69, 9.17) is 9.47 Å². The Labute approximate surface area is 170 Å². The van der Waals surface area contributed by atoms with Crippen LogP contribution in [0.2, 0.25) is 0 Å². The summed E-state index contributed by atoms with van der Waals surface area (Å²) in [5, 5.41) is 5.46. The van der Waals surface area contributed by atoms with Crippen LogP contribution in [-0.2, 0) is 4.79 Å². The molecule has 0 atom stereocenters. The summed E-state index contributed by atoms with van der Waals surface area (Å²) >= 11 is 0. The van der Waals surface area contributed by atoms with E-state index in [0.29, 0.717) is 25.4 Å². The second kappa shape index (κ2) is 10.0. The third-order valence-corrected chi connectivity index (χ3v) is 4.15. The van der Waals surface area contributed by atoms with E-state index in [1.54, 1.807) is 29.2 Å². The maximum absolute atomic E-state index is 11.8. The zero-order chi connectivity index (χ0) is 20.5. The van der Waals surface area contributed by atoms with Gasteiger partial charge in [-0.15, -0.1) is 0 Å². The number of nitrogens with one attached hydrogen (secondary N) is 2. The summed E-state index contributed by atoms with van der Waals surface area (Å²) < 4.78 is 10.8. The van der Waals surface area contributed by atoms with Gasteiger partial charge in [-0.2, -0.15) is 0 Å². The Hall–Kier alpha value is -3.66. The largest absolute Gasteiger partial charge is 0.494 e. The molecule has 0 spiro atoms. The van der Waals surface area contributed by atoms with Gasteiger partial charge in [0.1, 0.15) is 11.5 Å². The van der Waals surface area contributed by atoms with E-state index in [1.165, 1.54) is 0 Å². The van der Waals surface area contributed by atoms with Crippen molar-refractivity contribution in [2.45, 2.75) is 6.92 Å². The summed E-state index contributed by atoms with van der Waals surface area (Å²) in [6.45, 7) is 3.98. The number of carbonyl (C=O) groups is 2. The lowest BCUT2D eigenvalue weighted by atomic mass is 10.2. The number of hydrogen-bond donors (Lipinski definition) is 2. The highest BCUT2D eigenvalue weighted by Crippen LogP contribution is 2.18. The Morgan fingerprint density at radius 1 is 1.10 bits per heavy atom. The lowest BCUT2D eigenvalue weighted by Crippen LogP contribution is -2.29. The van der Waals surface area contributed by atoms with Crippen molar-refractivity contribution >= 4 is 17.6 Å². The Kier molecular flexibility index (Phi) is 6.95. The molecule has 0 unspecified atom stereocenters. The van der Waals surface area contributed by atoms with Crippen molar-refractivity contribution in [1.82, 2.24) is 10.6 Å². The van der Waals surface area contributed by atoms with Crippen LogP contribution < -0.4 is 25.0 Å². The van der Waals surface area contributed by atoms with Crippen molar-refractivity contribution in [3.63, 3.8) is 0 Å². The molecule has 1 aliphatic rings. The molecule has 2 N–H and O–H groups in total. The van der Waals surface area contributed by atoms with Crippen molar-refractivity contribution in [2.75, 3.05) is 37.7 Å². The second-order valence-corrected chi connectivity index (χ2v) is 6.20. The molecule has 0 bridgehead atoms. The molecule has 0 aliphatic carbocycles. The van der Waals surface area contributed by atoms with Crippen molar-refractivity contribution in [3.05, 3.63) is 54.1 Å². The van der Waals surface area contributed by atoms with Gasteiger partial charge in [-0.05, 0) is 55.5 Å². The summed E-state index contributed by atoms with van der Waals surface area (Å²) in [4.78, 5) is 25.2. The number of nitrogens with zero attached hydrogens (tertiary/aromatic N) is 1. The zero-order valence-corrected chi connectivity index (χ0v) is 16.2. The third kappa shape index (κ3) is 5.91. The van der Waals surface area contributed by atoms with Crippen LogP contribution in [0.5, 0.6) is 11.5 Å². The molecule has 1 aliphatic heterocycles. The highest BCUT2D eigenvalue weighted by atomic mass is 16.5. The minimum absolute atomic E-state index is 0.0811. The van der Waals surface area contributed by atoms with Gasteiger partial charge in [0.15, 0.2) is 6.61 Å². The number of hydrogen-bond acceptors (Lipinski definition) is 4. The van der Waals surface area contributed by atoms with E-state index in [2.05, 4.69) is 22.5 Å². The molecule has 0 aromatic heterocycles. The Morgan fingerprint density at radius 2 is 1.79 bits per heavy atom. The van der Waals surface area contributed by atoms with Crippen LogP contribution in [0.25, 0.3) is 0 Å². The minimum atomic E-state index is -0.247. The molecule has 2 aromatic carbocycles. The first-order valence-electron chi connectivity index (χ1n) is 9.42. The quantitative estimate of drug-likeness (QED) is 0.707. The molecule has 0 saturated carbocycles. The molecule has 150 valence electrons. The van der Waals surface area contributed by atoms with Gasteiger partial charge in [0.2, 0.25) is 0 Å². The molecule has 3 amide bonds. The van der Waals surface area contributed by atoms with E-state index < -0.39 is 0 Å². The average molecular weight is 393 g/mol. The van der Waals surface area contributed by atoms with E-state index in [0.717, 1.165) is 17.0 Å². The first-order chi connectivity index (χ1) is 14.2. The van der Waals surface area contributed by atoms with Gasteiger partial charge in [-0.3, -0.25) is 9.69 Å². The lowest BCUT2D eigenvalue weighted by molar-refractivity contribution is -0.122. The maximum atomic E-state index is 11.8. The molecule has 7 heteroatoms. The van der Waals surface area contributed by atoms with Crippen molar-refractivity contribution in [3.8, 4) is 23.3 Å². The second-order valence-electron chi connectivity index (χ2n) is 6.20. The zero-order valence-electron chi connectivity index (χ0n) is 16.2. The number of ether oxygens (including phenoxy) is 2. The van der Waals surface area contributed by atoms with Gasteiger partial charge in [0.05, 0.1) is 13.2 Å². The summed E-state index contributed by atoms with van der Waals surface area (Å²) in [6, 6.07) is 14.4. The topological polar surface area (TPSA) is 79.9 Å². The highest BCUT2D eigenvalue weighted by Gasteiger charge is 2.20. The Bertz CT molecular complexity index is 898. The number of benzene rings is 2. The van der Waals surface area contributed by atoms with E-state index in [9.17, 15) is 9.59 Å². The molecule has 1 fully saturated rings. The van der Waals surface area contributed by atoms with Gasteiger partial charge >= 0.3 is 6.03 Å². The van der Waals surface area contributed by atoms with Gasteiger partial charge < -0.3 is 20.1 Å². The van der Waals surface area contributed by atoms with Crippen LogP contribution in [0.1, 0.15) is 12.5 Å². The van der Waals surface area contributed by atoms with Crippen LogP contribution in [0, 0.1) is 11.8 Å². The fourth-order valence-corrected chi connectivity index (χ4v) is 2.73. The molecule has 29 heavy (non-hydrogen) atoms. The number of rotatable bonds is 7. The normalized spacial score (nSPS) is 12.6. The molecule has 1 saturated heterocycles. The number of anilines is 1. The van der Waals surface area contributed by atoms with Crippen LogP contribution in [0.15, 0.2) is 48.5 Å². The molecule has 3 rings (SSSR count). The number of carbonyl (C=O) groups excluding carboxylic acids is 2. The first kappa shape index (κ1) is 20.1. The summed E-state index contributed by atoms with van der Waals surface area (Å²) in [6.07, 6.45) is 0. The highest BCUT2D eigenvalue weighted by molar-refractivity contribution is 5.94. The van der Waals surface area contributed by atoms with Gasteiger partial charge in [0, 0.05) is 24.3 Å².